The Morgan fingerprint density at radius 3 is 3.00 bits per heavy atom. The molecule has 1 rings (SSSR count). The highest BCUT2D eigenvalue weighted by atomic mass is 16.5. The fourth-order valence-electron chi connectivity index (χ4n) is 1.54. The van der Waals surface area contributed by atoms with Crippen molar-refractivity contribution in [2.75, 3.05) is 20.2 Å². The zero-order valence-corrected chi connectivity index (χ0v) is 11.9. The lowest BCUT2D eigenvalue weighted by atomic mass is 10.3. The molecule has 1 aliphatic heterocycles. The molecule has 3 heteroatoms. The van der Waals surface area contributed by atoms with E-state index in [4.69, 9.17) is 4.74 Å². The minimum absolute atomic E-state index is 0.830. The minimum Gasteiger partial charge on any atom is -0.497 e. The lowest BCUT2D eigenvalue weighted by Gasteiger charge is -2.14. The van der Waals surface area contributed by atoms with Crippen molar-refractivity contribution in [3.63, 3.8) is 0 Å². The van der Waals surface area contributed by atoms with Gasteiger partial charge in [0.15, 0.2) is 0 Å². The van der Waals surface area contributed by atoms with E-state index in [1.807, 2.05) is 49.0 Å². The van der Waals surface area contributed by atoms with E-state index in [1.54, 1.807) is 7.11 Å². The van der Waals surface area contributed by atoms with Crippen molar-refractivity contribution < 1.29 is 4.74 Å². The fraction of sp³-hybridized carbons (Fsp3) is 0.375. The van der Waals surface area contributed by atoms with Gasteiger partial charge < -0.3 is 15.0 Å². The molecule has 104 valence electrons. The predicted molar refractivity (Wildman–Crippen MR) is 81.3 cm³/mol. The van der Waals surface area contributed by atoms with Crippen LogP contribution in [0.2, 0.25) is 0 Å². The van der Waals surface area contributed by atoms with Crippen molar-refractivity contribution in [1.82, 2.24) is 10.2 Å². The molecule has 1 N–H and O–H groups in total. The van der Waals surface area contributed by atoms with Gasteiger partial charge in [-0.2, -0.15) is 0 Å². The maximum atomic E-state index is 5.28. The van der Waals surface area contributed by atoms with Gasteiger partial charge in [-0.05, 0) is 30.7 Å². The monoisotopic (exact) mass is 260 g/mol. The zero-order chi connectivity index (χ0) is 13.8. The molecule has 0 aromatic carbocycles. The van der Waals surface area contributed by atoms with Gasteiger partial charge in [0.1, 0.15) is 5.76 Å². The van der Waals surface area contributed by atoms with Crippen LogP contribution in [0.5, 0.6) is 0 Å². The zero-order valence-electron chi connectivity index (χ0n) is 11.9. The molecule has 0 fully saturated rings. The summed E-state index contributed by atoms with van der Waals surface area (Å²) in [5, 5.41) is 3.23. The second-order valence-corrected chi connectivity index (χ2v) is 4.22. The number of hydrogen-bond acceptors (Lipinski definition) is 3. The number of ether oxygens (including phenoxy) is 1. The Kier molecular flexibility index (Phi) is 8.03. The summed E-state index contributed by atoms with van der Waals surface area (Å²) in [4.78, 5) is 2.10. The first-order valence-electron chi connectivity index (χ1n) is 6.78. The highest BCUT2D eigenvalue weighted by molar-refractivity contribution is 5.19. The number of nitrogens with one attached hydrogen (secondary N) is 1. The molecule has 1 aliphatic rings. The van der Waals surface area contributed by atoms with Crippen LogP contribution in [0.25, 0.3) is 0 Å². The van der Waals surface area contributed by atoms with Crippen molar-refractivity contribution in [3.05, 3.63) is 60.8 Å². The van der Waals surface area contributed by atoms with Gasteiger partial charge in [0.25, 0.3) is 0 Å². The van der Waals surface area contributed by atoms with Crippen LogP contribution >= 0.6 is 0 Å². The van der Waals surface area contributed by atoms with Crippen LogP contribution in [0, 0.1) is 0 Å². The molecular formula is C16H24N2O. The molecule has 0 atom stereocenters. The first kappa shape index (κ1) is 15.2. The fourth-order valence-corrected chi connectivity index (χ4v) is 1.54. The van der Waals surface area contributed by atoms with Gasteiger partial charge in [0, 0.05) is 31.7 Å². The summed E-state index contributed by atoms with van der Waals surface area (Å²) in [5.74, 6) is 0.830. The van der Waals surface area contributed by atoms with Gasteiger partial charge >= 0.3 is 0 Å². The summed E-state index contributed by atoms with van der Waals surface area (Å²) < 4.78 is 5.28. The quantitative estimate of drug-likeness (QED) is 0.411. The van der Waals surface area contributed by atoms with Crippen LogP contribution in [0.1, 0.15) is 19.8 Å². The van der Waals surface area contributed by atoms with Gasteiger partial charge in [-0.25, -0.2) is 0 Å². The van der Waals surface area contributed by atoms with E-state index in [0.29, 0.717) is 0 Å². The van der Waals surface area contributed by atoms with Crippen molar-refractivity contribution in [1.29, 1.82) is 0 Å². The molecule has 0 aromatic rings. The summed E-state index contributed by atoms with van der Waals surface area (Å²) in [6, 6.07) is 0. The lowest BCUT2D eigenvalue weighted by Crippen LogP contribution is -2.10. The minimum atomic E-state index is 0.830. The molecule has 0 saturated heterocycles. The number of allylic oxidation sites excluding steroid dienone is 5. The highest BCUT2D eigenvalue weighted by Gasteiger charge is 1.92. The molecule has 0 radical (unpaired) electrons. The average molecular weight is 260 g/mol. The second kappa shape index (κ2) is 10.1. The van der Waals surface area contributed by atoms with Gasteiger partial charge in [-0.1, -0.05) is 25.5 Å². The summed E-state index contributed by atoms with van der Waals surface area (Å²) in [7, 11) is 1.68. The average Bonchev–Trinajstić information content (AvgIpc) is 2.46. The molecule has 0 aromatic heterocycles. The molecule has 19 heavy (non-hydrogen) atoms. The number of hydrogen-bond donors (Lipinski definition) is 1. The summed E-state index contributed by atoms with van der Waals surface area (Å²) in [5.41, 5.74) is 0. The SMILES string of the molecule is CCCCN/C=C/C(=C\C=C\N1C=CC=CC1)OC. The maximum absolute atomic E-state index is 5.28. The Hall–Kier alpha value is -1.90. The Balaban J connectivity index is 2.36. The second-order valence-electron chi connectivity index (χ2n) is 4.22. The molecule has 0 aliphatic carbocycles. The highest BCUT2D eigenvalue weighted by Crippen LogP contribution is 2.01. The summed E-state index contributed by atoms with van der Waals surface area (Å²) in [6.07, 6.45) is 20.4. The number of nitrogens with zero attached hydrogens (tertiary/aromatic N) is 1. The topological polar surface area (TPSA) is 24.5 Å². The normalized spacial score (nSPS) is 15.7. The standard InChI is InChI=1S/C16H24N2O/c1-3-4-11-17-12-10-16(19-2)9-8-15-18-13-6-5-7-14-18/h5-10,12-13,15,17H,3-4,11,14H2,1-2H3/b12-10+,15-8+,16-9+. The van der Waals surface area contributed by atoms with Crippen molar-refractivity contribution in [2.24, 2.45) is 0 Å². The first-order chi connectivity index (χ1) is 9.36. The molecule has 0 bridgehead atoms. The predicted octanol–water partition coefficient (Wildman–Crippen LogP) is 3.32. The summed E-state index contributed by atoms with van der Waals surface area (Å²) >= 11 is 0. The third kappa shape index (κ3) is 7.19. The Morgan fingerprint density at radius 2 is 2.32 bits per heavy atom. The first-order valence-corrected chi connectivity index (χ1v) is 6.78. The summed E-state index contributed by atoms with van der Waals surface area (Å²) in [6.45, 7) is 4.10. The van der Waals surface area contributed by atoms with Gasteiger partial charge in [0.05, 0.1) is 7.11 Å². The molecule has 1 heterocycles. The molecule has 0 spiro atoms. The molecule has 0 amide bonds. The van der Waals surface area contributed by atoms with E-state index in [9.17, 15) is 0 Å². The van der Waals surface area contributed by atoms with Crippen LogP contribution in [-0.4, -0.2) is 25.1 Å². The Morgan fingerprint density at radius 1 is 1.42 bits per heavy atom. The van der Waals surface area contributed by atoms with E-state index in [0.717, 1.165) is 18.8 Å². The van der Waals surface area contributed by atoms with Crippen LogP contribution in [0.3, 0.4) is 0 Å². The van der Waals surface area contributed by atoms with E-state index in [2.05, 4.69) is 23.2 Å². The lowest BCUT2D eigenvalue weighted by molar-refractivity contribution is 0.306. The maximum Gasteiger partial charge on any atom is 0.120 e. The Labute approximate surface area is 116 Å². The van der Waals surface area contributed by atoms with E-state index < -0.39 is 0 Å². The van der Waals surface area contributed by atoms with Crippen molar-refractivity contribution in [2.45, 2.75) is 19.8 Å². The largest absolute Gasteiger partial charge is 0.497 e. The van der Waals surface area contributed by atoms with Gasteiger partial charge in [-0.15, -0.1) is 0 Å². The molecular weight excluding hydrogens is 236 g/mol. The smallest absolute Gasteiger partial charge is 0.120 e. The van der Waals surface area contributed by atoms with Gasteiger partial charge in [-0.3, -0.25) is 0 Å². The number of methoxy groups -OCH3 is 1. The van der Waals surface area contributed by atoms with E-state index >= 15 is 0 Å². The molecule has 3 nitrogen and oxygen atoms in total. The van der Waals surface area contributed by atoms with Crippen LogP contribution in [0.4, 0.5) is 0 Å². The van der Waals surface area contributed by atoms with E-state index in [1.165, 1.54) is 12.8 Å². The van der Waals surface area contributed by atoms with Crippen LogP contribution in [-0.2, 0) is 4.74 Å². The van der Waals surface area contributed by atoms with Crippen molar-refractivity contribution >= 4 is 0 Å². The third-order valence-electron chi connectivity index (χ3n) is 2.65. The third-order valence-corrected chi connectivity index (χ3v) is 2.65. The van der Waals surface area contributed by atoms with Crippen molar-refractivity contribution in [3.8, 4) is 0 Å². The van der Waals surface area contributed by atoms with Crippen LogP contribution in [0.15, 0.2) is 60.8 Å². The molecule has 0 unspecified atom stereocenters. The van der Waals surface area contributed by atoms with Gasteiger partial charge in [0.2, 0.25) is 0 Å². The Bertz CT molecular complexity index is 378. The number of unbranched alkanes of at least 4 members (excludes halogenated alkanes) is 1. The van der Waals surface area contributed by atoms with E-state index in [-0.39, 0.29) is 0 Å². The van der Waals surface area contributed by atoms with Crippen LogP contribution < -0.4 is 5.32 Å². The number of rotatable bonds is 8. The molecule has 0 saturated carbocycles.